The lowest BCUT2D eigenvalue weighted by Crippen LogP contribution is -2.47. The standard InChI is InChI=1S/C22H29FN8O.HI/c1-27-22(30-11-3-4-15(14-30)12-20(25)32)28-10-2-5-19-18(13-24)21(26)31(29-19)17-8-6-16(23)7-9-17;/h6-9,15H,2-5,10-12,14,26H2,1H3,(H2,25,32)(H,27,28);1H. The molecule has 1 aliphatic rings. The predicted molar refractivity (Wildman–Crippen MR) is 136 cm³/mol. The first kappa shape index (κ1) is 26.4. The topological polar surface area (TPSA) is 138 Å². The Balaban J connectivity index is 0.00000385. The van der Waals surface area contributed by atoms with E-state index in [9.17, 15) is 14.4 Å². The summed E-state index contributed by atoms with van der Waals surface area (Å²) >= 11 is 0. The number of halogens is 2. The second kappa shape index (κ2) is 12.4. The van der Waals surface area contributed by atoms with Crippen LogP contribution in [0.1, 0.15) is 36.9 Å². The summed E-state index contributed by atoms with van der Waals surface area (Å²) in [5, 5.41) is 17.4. The van der Waals surface area contributed by atoms with Crippen LogP contribution in [0.2, 0.25) is 0 Å². The van der Waals surface area contributed by atoms with Gasteiger partial charge in [0.2, 0.25) is 5.91 Å². The quantitative estimate of drug-likeness (QED) is 0.203. The second-order valence-corrected chi connectivity index (χ2v) is 7.91. The van der Waals surface area contributed by atoms with E-state index in [1.54, 1.807) is 19.2 Å². The van der Waals surface area contributed by atoms with Crippen molar-refractivity contribution in [1.29, 1.82) is 5.26 Å². The molecule has 178 valence electrons. The summed E-state index contributed by atoms with van der Waals surface area (Å²) in [5.41, 5.74) is 13.0. The highest BCUT2D eigenvalue weighted by molar-refractivity contribution is 14.0. The Labute approximate surface area is 210 Å². The lowest BCUT2D eigenvalue weighted by Gasteiger charge is -2.34. The van der Waals surface area contributed by atoms with Crippen molar-refractivity contribution in [2.24, 2.45) is 16.6 Å². The van der Waals surface area contributed by atoms with Gasteiger partial charge in [-0.15, -0.1) is 24.0 Å². The van der Waals surface area contributed by atoms with Crippen LogP contribution in [0, 0.1) is 23.1 Å². The molecule has 0 aliphatic carbocycles. The van der Waals surface area contributed by atoms with E-state index in [0.29, 0.717) is 42.8 Å². The maximum absolute atomic E-state index is 13.2. The van der Waals surface area contributed by atoms with Crippen LogP contribution in [0.25, 0.3) is 5.69 Å². The van der Waals surface area contributed by atoms with Crippen LogP contribution in [0.4, 0.5) is 10.2 Å². The molecule has 2 aromatic rings. The number of nitrogen functional groups attached to an aromatic ring is 1. The van der Waals surface area contributed by atoms with E-state index in [1.807, 2.05) is 0 Å². The Hall–Kier alpha value is -2.88. The highest BCUT2D eigenvalue weighted by Gasteiger charge is 2.23. The molecule has 0 bridgehead atoms. The normalized spacial score (nSPS) is 16.1. The molecule has 1 amide bonds. The summed E-state index contributed by atoms with van der Waals surface area (Å²) < 4.78 is 14.7. The molecule has 0 radical (unpaired) electrons. The van der Waals surface area contributed by atoms with Crippen molar-refractivity contribution >= 4 is 41.7 Å². The molecule has 1 atom stereocenters. The molecule has 1 aromatic heterocycles. The van der Waals surface area contributed by atoms with Crippen LogP contribution in [0.15, 0.2) is 29.3 Å². The number of piperidine rings is 1. The van der Waals surface area contributed by atoms with Crippen molar-refractivity contribution in [3.05, 3.63) is 41.3 Å². The van der Waals surface area contributed by atoms with Gasteiger partial charge in [0.25, 0.3) is 0 Å². The van der Waals surface area contributed by atoms with E-state index in [0.717, 1.165) is 31.9 Å². The first-order valence-corrected chi connectivity index (χ1v) is 10.7. The van der Waals surface area contributed by atoms with Crippen molar-refractivity contribution in [2.75, 3.05) is 32.4 Å². The van der Waals surface area contributed by atoms with Crippen LogP contribution < -0.4 is 16.8 Å². The zero-order valence-corrected chi connectivity index (χ0v) is 21.0. The van der Waals surface area contributed by atoms with Crippen molar-refractivity contribution in [1.82, 2.24) is 20.0 Å². The van der Waals surface area contributed by atoms with E-state index < -0.39 is 0 Å². The molecule has 3 rings (SSSR count). The number of nitrogens with two attached hydrogens (primary N) is 2. The number of benzene rings is 1. The van der Waals surface area contributed by atoms with Crippen molar-refractivity contribution in [2.45, 2.75) is 32.1 Å². The maximum Gasteiger partial charge on any atom is 0.217 e. The molecule has 1 aliphatic heterocycles. The van der Waals surface area contributed by atoms with Crippen LogP contribution in [-0.2, 0) is 11.2 Å². The van der Waals surface area contributed by atoms with E-state index in [4.69, 9.17) is 11.5 Å². The van der Waals surface area contributed by atoms with Gasteiger partial charge in [-0.2, -0.15) is 10.4 Å². The fourth-order valence-corrected chi connectivity index (χ4v) is 4.05. The maximum atomic E-state index is 13.2. The molecule has 33 heavy (non-hydrogen) atoms. The number of hydrogen-bond donors (Lipinski definition) is 3. The van der Waals surface area contributed by atoms with Gasteiger partial charge in [-0.3, -0.25) is 9.79 Å². The Kier molecular flexibility index (Phi) is 9.90. The van der Waals surface area contributed by atoms with Crippen LogP contribution in [0.5, 0.6) is 0 Å². The summed E-state index contributed by atoms with van der Waals surface area (Å²) in [6.07, 6.45) is 3.64. The lowest BCUT2D eigenvalue weighted by atomic mass is 9.95. The number of primary amides is 1. The first-order valence-electron chi connectivity index (χ1n) is 10.7. The number of nitrogens with one attached hydrogen (secondary N) is 1. The summed E-state index contributed by atoms with van der Waals surface area (Å²) in [6, 6.07) is 7.91. The number of anilines is 1. The molecule has 0 spiro atoms. The van der Waals surface area contributed by atoms with Crippen molar-refractivity contribution < 1.29 is 9.18 Å². The molecule has 5 N–H and O–H groups in total. The number of hydrogen-bond acceptors (Lipinski definition) is 5. The van der Waals surface area contributed by atoms with Gasteiger partial charge in [0.05, 0.1) is 11.4 Å². The molecule has 0 saturated carbocycles. The zero-order chi connectivity index (χ0) is 23.1. The van der Waals surface area contributed by atoms with Gasteiger partial charge in [-0.1, -0.05) is 0 Å². The van der Waals surface area contributed by atoms with Gasteiger partial charge < -0.3 is 21.7 Å². The molecule has 1 unspecified atom stereocenters. The van der Waals surface area contributed by atoms with E-state index in [1.165, 1.54) is 16.8 Å². The third kappa shape index (κ3) is 6.80. The van der Waals surface area contributed by atoms with Crippen LogP contribution in [0.3, 0.4) is 0 Å². The fourth-order valence-electron chi connectivity index (χ4n) is 4.05. The lowest BCUT2D eigenvalue weighted by molar-refractivity contribution is -0.119. The third-order valence-corrected chi connectivity index (χ3v) is 5.57. The minimum Gasteiger partial charge on any atom is -0.382 e. The van der Waals surface area contributed by atoms with E-state index >= 15 is 0 Å². The zero-order valence-electron chi connectivity index (χ0n) is 18.6. The summed E-state index contributed by atoms with van der Waals surface area (Å²) in [5.74, 6) is 0.654. The van der Waals surface area contributed by atoms with E-state index in [-0.39, 0.29) is 47.4 Å². The Morgan fingerprint density at radius 1 is 1.39 bits per heavy atom. The monoisotopic (exact) mass is 568 g/mol. The highest BCUT2D eigenvalue weighted by Crippen LogP contribution is 2.22. The van der Waals surface area contributed by atoms with Crippen molar-refractivity contribution in [3.8, 4) is 11.8 Å². The number of aromatic nitrogens is 2. The average molecular weight is 568 g/mol. The van der Waals surface area contributed by atoms with Gasteiger partial charge in [0, 0.05) is 33.1 Å². The SMILES string of the molecule is CN=C(NCCCc1nn(-c2ccc(F)cc2)c(N)c1C#N)N1CCCC(CC(N)=O)C1.I. The summed E-state index contributed by atoms with van der Waals surface area (Å²) in [7, 11) is 1.73. The minimum absolute atomic E-state index is 0. The molecule has 11 heteroatoms. The third-order valence-electron chi connectivity index (χ3n) is 5.57. The second-order valence-electron chi connectivity index (χ2n) is 7.91. The minimum atomic E-state index is -0.352. The number of aryl methyl sites for hydroxylation is 1. The molecule has 9 nitrogen and oxygen atoms in total. The number of likely N-dealkylation sites (tertiary alicyclic amines) is 1. The molecular weight excluding hydrogens is 538 g/mol. The number of nitrogens with zero attached hydrogens (tertiary/aromatic N) is 5. The highest BCUT2D eigenvalue weighted by atomic mass is 127. The Morgan fingerprint density at radius 2 is 2.12 bits per heavy atom. The van der Waals surface area contributed by atoms with E-state index in [2.05, 4.69) is 26.4 Å². The number of nitriles is 1. The van der Waals surface area contributed by atoms with Gasteiger partial charge in [0.15, 0.2) is 5.96 Å². The molecular formula is C22H30FIN8O. The molecule has 1 saturated heterocycles. The predicted octanol–water partition coefficient (Wildman–Crippen LogP) is 2.18. The fraction of sp³-hybridized carbons (Fsp3) is 0.455. The Morgan fingerprint density at radius 3 is 2.76 bits per heavy atom. The number of amides is 1. The average Bonchev–Trinajstić information content (AvgIpc) is 3.09. The Bertz CT molecular complexity index is 1010. The van der Waals surface area contributed by atoms with Crippen LogP contribution in [-0.4, -0.2) is 53.2 Å². The number of aliphatic imine (C=N–C) groups is 1. The molecule has 1 fully saturated rings. The number of rotatable bonds is 7. The molecule has 1 aromatic carbocycles. The van der Waals surface area contributed by atoms with Gasteiger partial charge >= 0.3 is 0 Å². The number of carbonyl (C=O) groups excluding carboxylic acids is 1. The van der Waals surface area contributed by atoms with Gasteiger partial charge in [-0.05, 0) is 55.9 Å². The largest absolute Gasteiger partial charge is 0.382 e. The summed E-state index contributed by atoms with van der Waals surface area (Å²) in [6.45, 7) is 2.27. The smallest absolute Gasteiger partial charge is 0.217 e. The van der Waals surface area contributed by atoms with Gasteiger partial charge in [0.1, 0.15) is 23.3 Å². The first-order chi connectivity index (χ1) is 15.4. The van der Waals surface area contributed by atoms with Gasteiger partial charge in [-0.25, -0.2) is 9.07 Å². The van der Waals surface area contributed by atoms with Crippen LogP contribution >= 0.6 is 24.0 Å². The number of guanidine groups is 1. The molecule has 2 heterocycles. The van der Waals surface area contributed by atoms with Crippen molar-refractivity contribution in [3.63, 3.8) is 0 Å². The summed E-state index contributed by atoms with van der Waals surface area (Å²) in [4.78, 5) is 17.8. The number of carbonyl (C=O) groups is 1.